The van der Waals surface area contributed by atoms with Crippen molar-refractivity contribution in [2.45, 2.75) is 19.9 Å². The molecular weight excluding hydrogens is 440 g/mol. The third-order valence-electron chi connectivity index (χ3n) is 4.87. The van der Waals surface area contributed by atoms with E-state index in [0.29, 0.717) is 5.69 Å². The summed E-state index contributed by atoms with van der Waals surface area (Å²) in [5.74, 6) is -4.38. The lowest BCUT2D eigenvalue weighted by Gasteiger charge is -2.14. The molecule has 0 fully saturated rings. The van der Waals surface area contributed by atoms with Gasteiger partial charge in [0, 0.05) is 26.6 Å². The number of nitrogens with two attached hydrogens (primary N) is 1. The second-order valence-electron chi connectivity index (χ2n) is 6.99. The van der Waals surface area contributed by atoms with Gasteiger partial charge in [0.05, 0.1) is 5.69 Å². The number of nitrogens with one attached hydrogen (secondary N) is 1. The van der Waals surface area contributed by atoms with Crippen molar-refractivity contribution in [1.29, 1.82) is 0 Å². The van der Waals surface area contributed by atoms with E-state index in [-0.39, 0.29) is 33.2 Å². The van der Waals surface area contributed by atoms with Crippen molar-refractivity contribution in [3.8, 4) is 11.3 Å². The van der Waals surface area contributed by atoms with Crippen LogP contribution in [0.25, 0.3) is 16.8 Å². The Morgan fingerprint density at radius 3 is 2.81 bits per heavy atom. The molecule has 4 aromatic rings. The van der Waals surface area contributed by atoms with Gasteiger partial charge in [-0.15, -0.1) is 0 Å². The number of nitrogen functional groups attached to an aromatic ring is 1. The van der Waals surface area contributed by atoms with Crippen molar-refractivity contribution in [3.05, 3.63) is 76.3 Å². The number of aliphatic hydroxyl groups is 1. The van der Waals surface area contributed by atoms with Gasteiger partial charge in [0.1, 0.15) is 22.9 Å². The Bertz CT molecular complexity index is 1480. The molecule has 0 unspecified atom stereocenters. The lowest BCUT2D eigenvalue weighted by Crippen LogP contribution is -2.21. The molecular formula is C22H18ClF2N5O2. The van der Waals surface area contributed by atoms with Crippen molar-refractivity contribution in [1.82, 2.24) is 14.4 Å². The summed E-state index contributed by atoms with van der Waals surface area (Å²) in [5.41, 5.74) is 5.32. The predicted molar refractivity (Wildman–Crippen MR) is 117 cm³/mol. The van der Waals surface area contributed by atoms with Crippen LogP contribution >= 0.6 is 11.6 Å². The monoisotopic (exact) mass is 460 g/mol. The minimum Gasteiger partial charge on any atom is -0.382 e. The van der Waals surface area contributed by atoms with E-state index in [1.54, 1.807) is 13.0 Å². The zero-order valence-corrected chi connectivity index (χ0v) is 17.3. The molecule has 32 heavy (non-hydrogen) atoms. The van der Waals surface area contributed by atoms with Crippen LogP contribution in [0.4, 0.5) is 20.3 Å². The molecule has 0 aliphatic rings. The van der Waals surface area contributed by atoms with E-state index in [9.17, 15) is 14.3 Å². The van der Waals surface area contributed by atoms with Crippen LogP contribution in [0.1, 0.15) is 27.3 Å². The van der Waals surface area contributed by atoms with E-state index in [1.165, 1.54) is 28.8 Å². The maximum absolute atomic E-state index is 15.2. The molecule has 0 bridgehead atoms. The molecule has 1 amide bonds. The SMILES string of the molecule is [2H]C([2H])([2H])c1nc(-c2ccc(NC(=O)[C@H](O)c3cccc(Cl)c3)c(F)c2F)c2c(N)ncc(C)n12. The number of nitrogens with zero attached hydrogens (tertiary/aromatic N) is 3. The molecule has 2 aromatic carbocycles. The summed E-state index contributed by atoms with van der Waals surface area (Å²) in [6.45, 7) is -1.11. The van der Waals surface area contributed by atoms with E-state index in [0.717, 1.165) is 12.1 Å². The molecule has 10 heteroatoms. The van der Waals surface area contributed by atoms with Gasteiger partial charge in [0.2, 0.25) is 0 Å². The molecule has 0 saturated carbocycles. The fourth-order valence-electron chi connectivity index (χ4n) is 3.33. The number of fused-ring (bicyclic) bond motifs is 1. The Morgan fingerprint density at radius 1 is 1.31 bits per heavy atom. The van der Waals surface area contributed by atoms with Gasteiger partial charge in [-0.05, 0) is 43.6 Å². The zero-order chi connectivity index (χ0) is 25.7. The Balaban J connectivity index is 1.76. The summed E-state index contributed by atoms with van der Waals surface area (Å²) in [7, 11) is 0. The summed E-state index contributed by atoms with van der Waals surface area (Å²) >= 11 is 5.86. The fourth-order valence-corrected chi connectivity index (χ4v) is 3.53. The van der Waals surface area contributed by atoms with Crippen molar-refractivity contribution >= 4 is 34.5 Å². The number of carbonyl (C=O) groups excluding carboxylic acids is 1. The van der Waals surface area contributed by atoms with Crippen LogP contribution < -0.4 is 11.1 Å². The third kappa shape index (κ3) is 3.65. The summed E-state index contributed by atoms with van der Waals surface area (Å²) in [6.07, 6.45) is -0.354. The minimum absolute atomic E-state index is 0.00240. The van der Waals surface area contributed by atoms with Gasteiger partial charge in [-0.2, -0.15) is 0 Å². The lowest BCUT2D eigenvalue weighted by atomic mass is 10.1. The first-order chi connectivity index (χ1) is 16.4. The first kappa shape index (κ1) is 18.1. The van der Waals surface area contributed by atoms with Gasteiger partial charge >= 0.3 is 0 Å². The number of amides is 1. The van der Waals surface area contributed by atoms with Crippen molar-refractivity contribution < 1.29 is 22.8 Å². The highest BCUT2D eigenvalue weighted by Gasteiger charge is 2.24. The summed E-state index contributed by atoms with van der Waals surface area (Å²) in [4.78, 5) is 20.4. The molecule has 0 radical (unpaired) electrons. The van der Waals surface area contributed by atoms with Crippen LogP contribution in [-0.4, -0.2) is 25.4 Å². The fraction of sp³-hybridized carbons (Fsp3) is 0.136. The van der Waals surface area contributed by atoms with Gasteiger partial charge in [-0.25, -0.2) is 18.7 Å². The Kier molecular flexibility index (Phi) is 4.61. The number of carbonyl (C=O) groups is 1. The second-order valence-corrected chi connectivity index (χ2v) is 7.42. The van der Waals surface area contributed by atoms with E-state index in [1.807, 2.05) is 0 Å². The number of aliphatic hydroxyl groups excluding tert-OH is 1. The second kappa shape index (κ2) is 8.18. The molecule has 0 aliphatic carbocycles. The molecule has 2 aromatic heterocycles. The largest absolute Gasteiger partial charge is 0.382 e. The smallest absolute Gasteiger partial charge is 0.257 e. The van der Waals surface area contributed by atoms with Crippen molar-refractivity contribution in [3.63, 3.8) is 0 Å². The third-order valence-corrected chi connectivity index (χ3v) is 5.11. The number of aryl methyl sites for hydroxylation is 2. The average molecular weight is 461 g/mol. The topological polar surface area (TPSA) is 106 Å². The number of imidazole rings is 1. The number of benzene rings is 2. The maximum atomic E-state index is 15.2. The van der Waals surface area contributed by atoms with Crippen LogP contribution in [0.15, 0.2) is 42.6 Å². The van der Waals surface area contributed by atoms with Gasteiger partial charge < -0.3 is 16.2 Å². The van der Waals surface area contributed by atoms with Crippen molar-refractivity contribution in [2.75, 3.05) is 11.1 Å². The Hall–Kier alpha value is -3.56. The van der Waals surface area contributed by atoms with Crippen LogP contribution in [0.5, 0.6) is 0 Å². The molecule has 2 heterocycles. The summed E-state index contributed by atoms with van der Waals surface area (Å²) < 4.78 is 54.7. The first-order valence-electron chi connectivity index (χ1n) is 10.8. The highest BCUT2D eigenvalue weighted by Crippen LogP contribution is 2.34. The van der Waals surface area contributed by atoms with Crippen LogP contribution in [0.3, 0.4) is 0 Å². The quantitative estimate of drug-likeness (QED) is 0.423. The molecule has 4 N–H and O–H groups in total. The number of halogens is 3. The lowest BCUT2D eigenvalue weighted by molar-refractivity contribution is -0.124. The normalized spacial score (nSPS) is 14.0. The van der Waals surface area contributed by atoms with Crippen LogP contribution in [0.2, 0.25) is 5.02 Å². The molecule has 4 rings (SSSR count). The van der Waals surface area contributed by atoms with Crippen LogP contribution in [0, 0.1) is 25.4 Å². The van der Waals surface area contributed by atoms with Crippen LogP contribution in [-0.2, 0) is 4.79 Å². The van der Waals surface area contributed by atoms with E-state index in [2.05, 4.69) is 15.3 Å². The van der Waals surface area contributed by atoms with Gasteiger partial charge in [-0.3, -0.25) is 9.20 Å². The van der Waals surface area contributed by atoms with E-state index >= 15 is 4.39 Å². The predicted octanol–water partition coefficient (Wildman–Crippen LogP) is 4.20. The number of hydrogen-bond acceptors (Lipinski definition) is 5. The van der Waals surface area contributed by atoms with Gasteiger partial charge in [0.15, 0.2) is 17.7 Å². The minimum atomic E-state index is -2.68. The number of anilines is 2. The standard InChI is InChI=1S/C22H18ClF2N5O2/c1-10-9-27-21(26)19-18(28-11(2)30(10)19)14-6-7-15(17(25)16(14)24)29-22(32)20(31)12-4-3-5-13(23)8-12/h3-9,20,31H,1-2H3,(H2,26,27)(H,29,32)/t20-/m1/s1/i2D3. The Labute approximate surface area is 190 Å². The summed E-state index contributed by atoms with van der Waals surface area (Å²) in [6, 6.07) is 8.06. The van der Waals surface area contributed by atoms with Crippen molar-refractivity contribution in [2.24, 2.45) is 0 Å². The summed E-state index contributed by atoms with van der Waals surface area (Å²) in [5, 5.41) is 12.7. The molecule has 1 atom stereocenters. The number of rotatable bonds is 4. The highest BCUT2D eigenvalue weighted by molar-refractivity contribution is 6.30. The first-order valence-corrected chi connectivity index (χ1v) is 9.64. The molecule has 7 nitrogen and oxygen atoms in total. The molecule has 0 saturated heterocycles. The van der Waals surface area contributed by atoms with E-state index < -0.39 is 42.0 Å². The average Bonchev–Trinajstić information content (AvgIpc) is 3.21. The Morgan fingerprint density at radius 2 is 2.09 bits per heavy atom. The van der Waals surface area contributed by atoms with Gasteiger partial charge in [0.25, 0.3) is 5.91 Å². The maximum Gasteiger partial charge on any atom is 0.257 e. The highest BCUT2D eigenvalue weighted by atomic mass is 35.5. The van der Waals surface area contributed by atoms with Gasteiger partial charge in [-0.1, -0.05) is 23.7 Å². The molecule has 164 valence electrons. The molecule has 0 spiro atoms. The zero-order valence-electron chi connectivity index (χ0n) is 19.5. The number of aromatic nitrogens is 3. The molecule has 0 aliphatic heterocycles. The number of hydrogen-bond donors (Lipinski definition) is 3. The van der Waals surface area contributed by atoms with E-state index in [4.69, 9.17) is 21.4 Å².